The highest BCUT2D eigenvalue weighted by molar-refractivity contribution is 5.92. The van der Waals surface area contributed by atoms with Crippen molar-refractivity contribution in [3.8, 4) is 0 Å². The van der Waals surface area contributed by atoms with Crippen LogP contribution in [0.4, 0.5) is 11.4 Å². The monoisotopic (exact) mass is 332 g/mol. The molecule has 2 heterocycles. The second-order valence-corrected chi connectivity index (χ2v) is 5.97. The quantitative estimate of drug-likeness (QED) is 0.746. The summed E-state index contributed by atoms with van der Waals surface area (Å²) in [7, 11) is 0. The number of aromatic nitrogens is 2. The van der Waals surface area contributed by atoms with Crippen LogP contribution in [0.3, 0.4) is 0 Å². The maximum absolute atomic E-state index is 12.2. The number of rotatable bonds is 5. The molecule has 0 saturated carbocycles. The van der Waals surface area contributed by atoms with Gasteiger partial charge in [-0.1, -0.05) is 6.07 Å². The van der Waals surface area contributed by atoms with Crippen LogP contribution < -0.4 is 10.6 Å². The van der Waals surface area contributed by atoms with E-state index in [2.05, 4.69) is 52.6 Å². The fraction of sp³-hybridized carbons (Fsp3) is 0.150. The number of pyridine rings is 2. The molecular weight excluding hydrogens is 312 g/mol. The smallest absolute Gasteiger partial charge is 0.270 e. The summed E-state index contributed by atoms with van der Waals surface area (Å²) < 4.78 is 0. The molecule has 5 nitrogen and oxygen atoms in total. The third-order valence-corrected chi connectivity index (χ3v) is 3.71. The summed E-state index contributed by atoms with van der Waals surface area (Å²) in [5.74, 6) is -0.199. The number of carbonyl (C=O) groups excluding carboxylic acids is 1. The number of nitrogens with zero attached hydrogens (tertiary/aromatic N) is 2. The van der Waals surface area contributed by atoms with Gasteiger partial charge in [0.2, 0.25) is 0 Å². The predicted molar refractivity (Wildman–Crippen MR) is 98.8 cm³/mol. The number of amides is 1. The molecule has 0 fully saturated rings. The van der Waals surface area contributed by atoms with Gasteiger partial charge in [-0.3, -0.25) is 9.78 Å². The van der Waals surface area contributed by atoms with Crippen molar-refractivity contribution in [3.05, 3.63) is 83.4 Å². The number of nitrogens with one attached hydrogen (secondary N) is 2. The van der Waals surface area contributed by atoms with Crippen LogP contribution in [0.1, 0.15) is 27.2 Å². The molecule has 0 bridgehead atoms. The lowest BCUT2D eigenvalue weighted by Gasteiger charge is -2.09. The molecule has 2 N–H and O–H groups in total. The van der Waals surface area contributed by atoms with E-state index in [-0.39, 0.29) is 5.91 Å². The zero-order valence-corrected chi connectivity index (χ0v) is 14.3. The van der Waals surface area contributed by atoms with Crippen molar-refractivity contribution in [3.63, 3.8) is 0 Å². The van der Waals surface area contributed by atoms with Crippen molar-refractivity contribution < 1.29 is 4.79 Å². The van der Waals surface area contributed by atoms with Gasteiger partial charge < -0.3 is 10.6 Å². The van der Waals surface area contributed by atoms with Crippen LogP contribution in [0.2, 0.25) is 0 Å². The number of hydrogen-bond donors (Lipinski definition) is 2. The molecule has 0 unspecified atom stereocenters. The van der Waals surface area contributed by atoms with Crippen LogP contribution in [0.25, 0.3) is 0 Å². The summed E-state index contributed by atoms with van der Waals surface area (Å²) in [5, 5.41) is 6.16. The maximum atomic E-state index is 12.2. The van der Waals surface area contributed by atoms with Crippen molar-refractivity contribution in [2.24, 2.45) is 0 Å². The third kappa shape index (κ3) is 4.64. The van der Waals surface area contributed by atoms with Crippen LogP contribution in [0, 0.1) is 13.8 Å². The molecule has 0 aliphatic heterocycles. The van der Waals surface area contributed by atoms with E-state index in [4.69, 9.17) is 0 Å². The predicted octanol–water partition coefficient (Wildman–Crippen LogP) is 3.77. The second kappa shape index (κ2) is 7.57. The van der Waals surface area contributed by atoms with Crippen LogP contribution in [0.15, 0.2) is 61.1 Å². The first-order chi connectivity index (χ1) is 12.1. The molecule has 0 atom stereocenters. The molecule has 126 valence electrons. The molecule has 0 saturated heterocycles. The van der Waals surface area contributed by atoms with Crippen molar-refractivity contribution >= 4 is 17.3 Å². The molecule has 0 spiro atoms. The highest BCUT2D eigenvalue weighted by atomic mass is 16.1. The Balaban J connectivity index is 1.62. The molecule has 5 heteroatoms. The summed E-state index contributed by atoms with van der Waals surface area (Å²) >= 11 is 0. The van der Waals surface area contributed by atoms with E-state index in [1.54, 1.807) is 24.7 Å². The van der Waals surface area contributed by atoms with Crippen molar-refractivity contribution in [1.29, 1.82) is 0 Å². The third-order valence-electron chi connectivity index (χ3n) is 3.71. The maximum Gasteiger partial charge on any atom is 0.270 e. The Hall–Kier alpha value is -3.21. The van der Waals surface area contributed by atoms with Crippen molar-refractivity contribution in [1.82, 2.24) is 15.3 Å². The van der Waals surface area contributed by atoms with Gasteiger partial charge in [0, 0.05) is 24.6 Å². The Bertz CT molecular complexity index is 840. The lowest BCUT2D eigenvalue weighted by Crippen LogP contribution is -2.23. The van der Waals surface area contributed by atoms with Gasteiger partial charge in [0.1, 0.15) is 5.69 Å². The molecule has 0 aliphatic rings. The van der Waals surface area contributed by atoms with Crippen LogP contribution in [0.5, 0.6) is 0 Å². The zero-order chi connectivity index (χ0) is 17.6. The largest absolute Gasteiger partial charge is 0.354 e. The van der Waals surface area contributed by atoms with Gasteiger partial charge in [0.25, 0.3) is 5.91 Å². The van der Waals surface area contributed by atoms with Gasteiger partial charge in [0.05, 0.1) is 11.9 Å². The molecule has 2 aromatic heterocycles. The minimum absolute atomic E-state index is 0.199. The summed E-state index contributed by atoms with van der Waals surface area (Å²) in [5.41, 5.74) is 5.63. The van der Waals surface area contributed by atoms with Gasteiger partial charge in [0.15, 0.2) is 0 Å². The highest BCUT2D eigenvalue weighted by Gasteiger charge is 2.07. The van der Waals surface area contributed by atoms with Gasteiger partial charge in [-0.25, -0.2) is 4.98 Å². The van der Waals surface area contributed by atoms with E-state index in [1.807, 2.05) is 18.2 Å². The Morgan fingerprint density at radius 3 is 2.32 bits per heavy atom. The van der Waals surface area contributed by atoms with E-state index in [0.717, 1.165) is 16.9 Å². The Kier molecular flexibility index (Phi) is 5.04. The fourth-order valence-electron chi connectivity index (χ4n) is 2.59. The molecule has 0 radical (unpaired) electrons. The molecular formula is C20H20N4O. The summed E-state index contributed by atoms with van der Waals surface area (Å²) in [4.78, 5) is 20.4. The van der Waals surface area contributed by atoms with Crippen LogP contribution in [-0.4, -0.2) is 15.9 Å². The van der Waals surface area contributed by atoms with E-state index in [9.17, 15) is 4.79 Å². The Labute approximate surface area is 147 Å². The average Bonchev–Trinajstić information content (AvgIpc) is 2.60. The number of carbonyl (C=O) groups is 1. The van der Waals surface area contributed by atoms with Gasteiger partial charge in [-0.15, -0.1) is 0 Å². The van der Waals surface area contributed by atoms with Crippen molar-refractivity contribution in [2.45, 2.75) is 20.4 Å². The standard InChI is InChI=1S/C20H20N4O/c1-14-9-15(2)11-18(10-14)24-17-3-4-19(22-13-17)20(25)23-12-16-5-7-21-8-6-16/h3-11,13,24H,12H2,1-2H3,(H,23,25). The number of benzene rings is 1. The van der Waals surface area contributed by atoms with Gasteiger partial charge in [-0.2, -0.15) is 0 Å². The summed E-state index contributed by atoms with van der Waals surface area (Å²) in [6, 6.07) is 13.6. The summed E-state index contributed by atoms with van der Waals surface area (Å²) in [6.45, 7) is 4.57. The van der Waals surface area contributed by atoms with E-state index < -0.39 is 0 Å². The molecule has 1 amide bonds. The molecule has 3 rings (SSSR count). The van der Waals surface area contributed by atoms with E-state index in [1.165, 1.54) is 11.1 Å². The number of anilines is 2. The minimum atomic E-state index is -0.199. The zero-order valence-electron chi connectivity index (χ0n) is 14.3. The van der Waals surface area contributed by atoms with Gasteiger partial charge >= 0.3 is 0 Å². The molecule has 25 heavy (non-hydrogen) atoms. The molecule has 1 aromatic carbocycles. The van der Waals surface area contributed by atoms with E-state index >= 15 is 0 Å². The highest BCUT2D eigenvalue weighted by Crippen LogP contribution is 2.19. The molecule has 3 aromatic rings. The van der Waals surface area contributed by atoms with Crippen molar-refractivity contribution in [2.75, 3.05) is 5.32 Å². The Morgan fingerprint density at radius 1 is 0.960 bits per heavy atom. The first kappa shape index (κ1) is 16.6. The first-order valence-corrected chi connectivity index (χ1v) is 8.08. The first-order valence-electron chi connectivity index (χ1n) is 8.08. The SMILES string of the molecule is Cc1cc(C)cc(Nc2ccc(C(=O)NCc3ccncc3)nc2)c1. The second-order valence-electron chi connectivity index (χ2n) is 5.97. The van der Waals surface area contributed by atoms with Gasteiger partial charge in [-0.05, 0) is 66.9 Å². The number of hydrogen-bond acceptors (Lipinski definition) is 4. The van der Waals surface area contributed by atoms with E-state index in [0.29, 0.717) is 12.2 Å². The molecule has 0 aliphatic carbocycles. The average molecular weight is 332 g/mol. The van der Waals surface area contributed by atoms with Crippen LogP contribution >= 0.6 is 0 Å². The number of aryl methyl sites for hydroxylation is 2. The normalized spacial score (nSPS) is 10.3. The fourth-order valence-corrected chi connectivity index (χ4v) is 2.59. The summed E-state index contributed by atoms with van der Waals surface area (Å²) in [6.07, 6.45) is 5.07. The lowest BCUT2D eigenvalue weighted by atomic mass is 10.1. The topological polar surface area (TPSA) is 66.9 Å². The van der Waals surface area contributed by atoms with Crippen LogP contribution in [-0.2, 0) is 6.54 Å². The minimum Gasteiger partial charge on any atom is -0.354 e. The Morgan fingerprint density at radius 2 is 1.68 bits per heavy atom. The lowest BCUT2D eigenvalue weighted by molar-refractivity contribution is 0.0946.